The predicted octanol–water partition coefficient (Wildman–Crippen LogP) is 5.48. The average Bonchev–Trinajstić information content (AvgIpc) is 3.28. The molecule has 2 heterocycles. The maximum absolute atomic E-state index is 13.2. The molecule has 4 aromatic rings. The fourth-order valence-electron chi connectivity index (χ4n) is 3.29. The number of halogens is 3. The molecule has 0 radical (unpaired) electrons. The number of hydrogen-bond donors (Lipinski definition) is 1. The number of nitrogens with one attached hydrogen (secondary N) is 1. The van der Waals surface area contributed by atoms with Gasteiger partial charge in [0.2, 0.25) is 5.91 Å². The summed E-state index contributed by atoms with van der Waals surface area (Å²) in [6.45, 7) is 2.42. The molecule has 35 heavy (non-hydrogen) atoms. The van der Waals surface area contributed by atoms with E-state index in [-0.39, 0.29) is 11.4 Å². The Morgan fingerprint density at radius 3 is 2.51 bits per heavy atom. The van der Waals surface area contributed by atoms with E-state index in [0.29, 0.717) is 28.9 Å². The van der Waals surface area contributed by atoms with Gasteiger partial charge in [-0.25, -0.2) is 0 Å². The van der Waals surface area contributed by atoms with Crippen LogP contribution in [-0.2, 0) is 11.0 Å². The Labute approximate surface area is 203 Å². The van der Waals surface area contributed by atoms with Crippen LogP contribution in [0.1, 0.15) is 12.5 Å². The third-order valence-electron chi connectivity index (χ3n) is 4.80. The molecule has 0 aliphatic carbocycles. The number of alkyl halides is 3. The molecule has 0 aliphatic rings. The number of pyridine rings is 1. The number of aromatic nitrogens is 4. The molecule has 0 spiro atoms. The van der Waals surface area contributed by atoms with Crippen LogP contribution in [-0.4, -0.2) is 38.0 Å². The highest BCUT2D eigenvalue weighted by Crippen LogP contribution is 2.35. The van der Waals surface area contributed by atoms with Crippen molar-refractivity contribution in [3.8, 4) is 22.8 Å². The molecule has 2 aromatic carbocycles. The summed E-state index contributed by atoms with van der Waals surface area (Å²) in [4.78, 5) is 16.7. The van der Waals surface area contributed by atoms with Crippen LogP contribution in [0.25, 0.3) is 17.1 Å². The Kier molecular flexibility index (Phi) is 7.35. The van der Waals surface area contributed by atoms with Gasteiger partial charge in [0.25, 0.3) is 0 Å². The highest BCUT2D eigenvalue weighted by Gasteiger charge is 2.33. The summed E-state index contributed by atoms with van der Waals surface area (Å²) in [5.41, 5.74) is 0.233. The van der Waals surface area contributed by atoms with E-state index < -0.39 is 17.6 Å². The molecule has 2 aromatic heterocycles. The monoisotopic (exact) mass is 499 g/mol. The van der Waals surface area contributed by atoms with Crippen molar-refractivity contribution < 1.29 is 22.7 Å². The second-order valence-corrected chi connectivity index (χ2v) is 8.13. The largest absolute Gasteiger partial charge is 0.494 e. The van der Waals surface area contributed by atoms with Gasteiger partial charge in [0.15, 0.2) is 11.0 Å². The number of carbonyl (C=O) groups excluding carboxylic acids is 1. The highest BCUT2D eigenvalue weighted by molar-refractivity contribution is 7.99. The minimum Gasteiger partial charge on any atom is -0.494 e. The zero-order valence-electron chi connectivity index (χ0n) is 18.5. The fourth-order valence-corrected chi connectivity index (χ4v) is 4.04. The first-order valence-electron chi connectivity index (χ1n) is 10.5. The maximum atomic E-state index is 13.2. The van der Waals surface area contributed by atoms with Gasteiger partial charge in [-0.1, -0.05) is 23.9 Å². The molecule has 0 unspecified atom stereocenters. The molecule has 7 nitrogen and oxygen atoms in total. The van der Waals surface area contributed by atoms with Gasteiger partial charge in [0, 0.05) is 23.6 Å². The van der Waals surface area contributed by atoms with Crippen molar-refractivity contribution in [1.29, 1.82) is 0 Å². The molecule has 1 N–H and O–H groups in total. The van der Waals surface area contributed by atoms with E-state index >= 15 is 0 Å². The normalized spacial score (nSPS) is 11.3. The van der Waals surface area contributed by atoms with E-state index in [4.69, 9.17) is 4.74 Å². The number of anilines is 1. The quantitative estimate of drug-likeness (QED) is 0.324. The zero-order valence-corrected chi connectivity index (χ0v) is 19.3. The number of benzene rings is 2. The average molecular weight is 500 g/mol. The van der Waals surface area contributed by atoms with Crippen LogP contribution in [0.2, 0.25) is 0 Å². The Balaban J connectivity index is 1.58. The number of thioether (sulfide) groups is 1. The SMILES string of the molecule is CCOc1ccc(-n2c(SCC(=O)Nc3ccccc3C(F)(F)F)nnc2-c2cccnc2)cc1. The van der Waals surface area contributed by atoms with Crippen LogP contribution >= 0.6 is 11.8 Å². The highest BCUT2D eigenvalue weighted by atomic mass is 32.2. The number of ether oxygens (including phenoxy) is 1. The first kappa shape index (κ1) is 24.3. The number of para-hydroxylation sites is 1. The summed E-state index contributed by atoms with van der Waals surface area (Å²) in [6.07, 6.45) is -1.30. The molecule has 0 saturated heterocycles. The van der Waals surface area contributed by atoms with Crippen molar-refractivity contribution in [1.82, 2.24) is 19.7 Å². The smallest absolute Gasteiger partial charge is 0.418 e. The summed E-state index contributed by atoms with van der Waals surface area (Å²) in [5.74, 6) is 0.432. The Morgan fingerprint density at radius 2 is 1.83 bits per heavy atom. The lowest BCUT2D eigenvalue weighted by atomic mass is 10.1. The van der Waals surface area contributed by atoms with Gasteiger partial charge >= 0.3 is 6.18 Å². The maximum Gasteiger partial charge on any atom is 0.418 e. The van der Waals surface area contributed by atoms with E-state index in [1.807, 2.05) is 25.1 Å². The van der Waals surface area contributed by atoms with Crippen LogP contribution in [0.5, 0.6) is 5.75 Å². The zero-order chi connectivity index (χ0) is 24.8. The Bertz CT molecular complexity index is 1290. The van der Waals surface area contributed by atoms with Crippen LogP contribution < -0.4 is 10.1 Å². The number of nitrogens with zero attached hydrogens (tertiary/aromatic N) is 4. The predicted molar refractivity (Wildman–Crippen MR) is 127 cm³/mol. The first-order valence-corrected chi connectivity index (χ1v) is 11.5. The van der Waals surface area contributed by atoms with E-state index in [1.54, 1.807) is 35.2 Å². The van der Waals surface area contributed by atoms with Gasteiger partial charge < -0.3 is 10.1 Å². The van der Waals surface area contributed by atoms with Gasteiger partial charge in [-0.05, 0) is 55.5 Å². The molecular weight excluding hydrogens is 479 g/mol. The Morgan fingerprint density at radius 1 is 1.06 bits per heavy atom. The van der Waals surface area contributed by atoms with Crippen molar-refractivity contribution in [2.75, 3.05) is 17.7 Å². The molecule has 0 bridgehead atoms. The lowest BCUT2D eigenvalue weighted by Crippen LogP contribution is -2.18. The number of carbonyl (C=O) groups is 1. The second-order valence-electron chi connectivity index (χ2n) is 7.19. The molecule has 4 rings (SSSR count). The lowest BCUT2D eigenvalue weighted by molar-refractivity contribution is -0.137. The second kappa shape index (κ2) is 10.6. The van der Waals surface area contributed by atoms with Crippen molar-refractivity contribution >= 4 is 23.4 Å². The van der Waals surface area contributed by atoms with Crippen molar-refractivity contribution in [3.63, 3.8) is 0 Å². The van der Waals surface area contributed by atoms with Crippen molar-refractivity contribution in [3.05, 3.63) is 78.6 Å². The summed E-state index contributed by atoms with van der Waals surface area (Å²) in [5, 5.41) is 11.2. The van der Waals surface area contributed by atoms with E-state index in [0.717, 1.165) is 23.5 Å². The van der Waals surface area contributed by atoms with Crippen molar-refractivity contribution in [2.45, 2.75) is 18.3 Å². The molecule has 0 atom stereocenters. The minimum absolute atomic E-state index is 0.172. The first-order chi connectivity index (χ1) is 16.9. The van der Waals surface area contributed by atoms with E-state index in [9.17, 15) is 18.0 Å². The fraction of sp³-hybridized carbons (Fsp3) is 0.167. The standard InChI is InChI=1S/C24H20F3N5O2S/c1-2-34-18-11-9-17(10-12-18)32-22(16-6-5-13-28-14-16)30-31-23(32)35-15-21(33)29-20-8-4-3-7-19(20)24(25,26)27/h3-14H,2,15H2,1H3,(H,29,33). The van der Waals surface area contributed by atoms with Crippen LogP contribution in [0.15, 0.2) is 78.2 Å². The van der Waals surface area contributed by atoms with Gasteiger partial charge in [-0.15, -0.1) is 10.2 Å². The van der Waals surface area contributed by atoms with Gasteiger partial charge in [-0.2, -0.15) is 13.2 Å². The number of hydrogen-bond acceptors (Lipinski definition) is 6. The molecule has 0 aliphatic heterocycles. The summed E-state index contributed by atoms with van der Waals surface area (Å²) < 4.78 is 47.0. The molecular formula is C24H20F3N5O2S. The molecule has 0 saturated carbocycles. The molecule has 180 valence electrons. The van der Waals surface area contributed by atoms with E-state index in [2.05, 4.69) is 20.5 Å². The van der Waals surface area contributed by atoms with Gasteiger partial charge in [0.05, 0.1) is 23.6 Å². The van der Waals surface area contributed by atoms with E-state index in [1.165, 1.54) is 18.2 Å². The van der Waals surface area contributed by atoms with Gasteiger partial charge in [0.1, 0.15) is 5.75 Å². The van der Waals surface area contributed by atoms with Crippen LogP contribution in [0, 0.1) is 0 Å². The van der Waals surface area contributed by atoms with Crippen LogP contribution in [0.4, 0.5) is 18.9 Å². The summed E-state index contributed by atoms with van der Waals surface area (Å²) in [7, 11) is 0. The van der Waals surface area contributed by atoms with Crippen LogP contribution in [0.3, 0.4) is 0 Å². The lowest BCUT2D eigenvalue weighted by Gasteiger charge is -2.14. The molecule has 0 fully saturated rings. The third-order valence-corrected chi connectivity index (χ3v) is 5.73. The van der Waals surface area contributed by atoms with Crippen molar-refractivity contribution in [2.24, 2.45) is 0 Å². The summed E-state index contributed by atoms with van der Waals surface area (Å²) in [6, 6.07) is 15.7. The minimum atomic E-state index is -4.58. The van der Waals surface area contributed by atoms with Gasteiger partial charge in [-0.3, -0.25) is 14.3 Å². The molecule has 11 heteroatoms. The molecule has 1 amide bonds. The topological polar surface area (TPSA) is 81.9 Å². The number of amides is 1. The Hall–Kier alpha value is -3.86. The summed E-state index contributed by atoms with van der Waals surface area (Å²) >= 11 is 1.06. The number of rotatable bonds is 8. The third kappa shape index (κ3) is 5.80.